The van der Waals surface area contributed by atoms with Gasteiger partial charge in [-0.25, -0.2) is 4.98 Å². The van der Waals surface area contributed by atoms with Crippen molar-refractivity contribution in [3.8, 4) is 0 Å². The van der Waals surface area contributed by atoms with Crippen LogP contribution in [0.1, 0.15) is 23.0 Å². The molecule has 1 aliphatic heterocycles. The van der Waals surface area contributed by atoms with Gasteiger partial charge in [-0.05, 0) is 19.1 Å². The largest absolute Gasteiger partial charge is 0.433 e. The van der Waals surface area contributed by atoms with E-state index in [9.17, 15) is 18.0 Å². The first-order valence-corrected chi connectivity index (χ1v) is 6.03. The maximum atomic E-state index is 12.7. The molecule has 0 bridgehead atoms. The number of aromatic nitrogens is 1. The van der Waals surface area contributed by atoms with E-state index in [1.54, 1.807) is 11.8 Å². The zero-order valence-corrected chi connectivity index (χ0v) is 10.8. The Kier molecular flexibility index (Phi) is 3.85. The van der Waals surface area contributed by atoms with Crippen LogP contribution in [0.3, 0.4) is 0 Å². The minimum absolute atomic E-state index is 0.0215. The minimum atomic E-state index is -4.57. The van der Waals surface area contributed by atoms with Crippen LogP contribution in [0, 0.1) is 0 Å². The quantitative estimate of drug-likeness (QED) is 0.894. The SMILES string of the molecule is CC1COCCN1c1nc(C(F)(F)F)ccc1C(N)=O. The minimum Gasteiger partial charge on any atom is -0.377 e. The number of primary amides is 1. The molecule has 1 unspecified atom stereocenters. The first-order chi connectivity index (χ1) is 9.30. The van der Waals surface area contributed by atoms with E-state index in [0.717, 1.165) is 12.1 Å². The second-order valence-electron chi connectivity index (χ2n) is 4.55. The Morgan fingerprint density at radius 3 is 2.75 bits per heavy atom. The summed E-state index contributed by atoms with van der Waals surface area (Å²) < 4.78 is 43.5. The number of amides is 1. The molecular formula is C12H14F3N3O2. The number of nitrogens with two attached hydrogens (primary N) is 1. The van der Waals surface area contributed by atoms with E-state index in [0.29, 0.717) is 19.8 Å². The fourth-order valence-corrected chi connectivity index (χ4v) is 2.06. The normalized spacial score (nSPS) is 20.0. The highest BCUT2D eigenvalue weighted by Crippen LogP contribution is 2.31. The van der Waals surface area contributed by atoms with Crippen molar-refractivity contribution in [3.63, 3.8) is 0 Å². The van der Waals surface area contributed by atoms with Crippen molar-refractivity contribution in [2.45, 2.75) is 19.1 Å². The molecule has 0 saturated carbocycles. The molecule has 2 N–H and O–H groups in total. The molecule has 0 aliphatic carbocycles. The summed E-state index contributed by atoms with van der Waals surface area (Å²) in [7, 11) is 0. The van der Waals surface area contributed by atoms with Gasteiger partial charge in [-0.3, -0.25) is 4.79 Å². The summed E-state index contributed by atoms with van der Waals surface area (Å²) in [5.41, 5.74) is 4.14. The Bertz CT molecular complexity index is 519. The number of rotatable bonds is 2. The van der Waals surface area contributed by atoms with Gasteiger partial charge >= 0.3 is 6.18 Å². The zero-order chi connectivity index (χ0) is 14.9. The van der Waals surface area contributed by atoms with Crippen molar-refractivity contribution in [3.05, 3.63) is 23.4 Å². The molecular weight excluding hydrogens is 275 g/mol. The van der Waals surface area contributed by atoms with Gasteiger partial charge in [0.25, 0.3) is 5.91 Å². The van der Waals surface area contributed by atoms with E-state index < -0.39 is 17.8 Å². The summed E-state index contributed by atoms with van der Waals surface area (Å²) in [6, 6.07) is 1.64. The van der Waals surface area contributed by atoms with Gasteiger partial charge in [0.05, 0.1) is 24.8 Å². The fourth-order valence-electron chi connectivity index (χ4n) is 2.06. The predicted molar refractivity (Wildman–Crippen MR) is 65.4 cm³/mol. The molecule has 0 spiro atoms. The van der Waals surface area contributed by atoms with Crippen LogP contribution < -0.4 is 10.6 Å². The van der Waals surface area contributed by atoms with Crippen LogP contribution in [0.2, 0.25) is 0 Å². The number of morpholine rings is 1. The maximum Gasteiger partial charge on any atom is 0.433 e. The first-order valence-electron chi connectivity index (χ1n) is 6.03. The number of pyridine rings is 1. The topological polar surface area (TPSA) is 68.4 Å². The molecule has 20 heavy (non-hydrogen) atoms. The van der Waals surface area contributed by atoms with Crippen LogP contribution in [-0.2, 0) is 10.9 Å². The molecule has 1 fully saturated rings. The smallest absolute Gasteiger partial charge is 0.377 e. The summed E-state index contributed by atoms with van der Waals surface area (Å²) in [5, 5.41) is 0. The van der Waals surface area contributed by atoms with Gasteiger partial charge in [-0.15, -0.1) is 0 Å². The zero-order valence-electron chi connectivity index (χ0n) is 10.8. The summed E-state index contributed by atoms with van der Waals surface area (Å²) in [6.07, 6.45) is -4.57. The molecule has 1 aromatic heterocycles. The monoisotopic (exact) mass is 289 g/mol. The van der Waals surface area contributed by atoms with E-state index in [1.807, 2.05) is 0 Å². The predicted octanol–water partition coefficient (Wildman–Crippen LogP) is 1.42. The molecule has 0 aromatic carbocycles. The van der Waals surface area contributed by atoms with E-state index in [-0.39, 0.29) is 17.4 Å². The van der Waals surface area contributed by atoms with E-state index >= 15 is 0 Å². The highest BCUT2D eigenvalue weighted by molar-refractivity contribution is 5.97. The highest BCUT2D eigenvalue weighted by atomic mass is 19.4. The fraction of sp³-hybridized carbons (Fsp3) is 0.500. The van der Waals surface area contributed by atoms with Crippen LogP contribution >= 0.6 is 0 Å². The molecule has 1 saturated heterocycles. The van der Waals surface area contributed by atoms with Crippen molar-refractivity contribution in [1.29, 1.82) is 0 Å². The summed E-state index contributed by atoms with van der Waals surface area (Å²) in [5.74, 6) is -0.844. The molecule has 5 nitrogen and oxygen atoms in total. The number of ether oxygens (including phenoxy) is 1. The summed E-state index contributed by atoms with van der Waals surface area (Å²) in [6.45, 7) is 2.86. The van der Waals surface area contributed by atoms with Crippen molar-refractivity contribution >= 4 is 11.7 Å². The molecule has 0 radical (unpaired) electrons. The third kappa shape index (κ3) is 2.84. The maximum absolute atomic E-state index is 12.7. The van der Waals surface area contributed by atoms with Crippen LogP contribution in [0.4, 0.5) is 19.0 Å². The standard InChI is InChI=1S/C12H14F3N3O2/c1-7-6-20-5-4-18(7)11-8(10(16)19)2-3-9(17-11)12(13,14)15/h2-3,7H,4-6H2,1H3,(H2,16,19). The van der Waals surface area contributed by atoms with Crippen molar-refractivity contribution in [2.75, 3.05) is 24.7 Å². The second-order valence-corrected chi connectivity index (χ2v) is 4.55. The summed E-state index contributed by atoms with van der Waals surface area (Å²) >= 11 is 0. The van der Waals surface area contributed by atoms with Crippen LogP contribution in [0.25, 0.3) is 0 Å². The Balaban J connectivity index is 2.49. The molecule has 2 rings (SSSR count). The van der Waals surface area contributed by atoms with Crippen LogP contribution in [-0.4, -0.2) is 36.7 Å². The highest BCUT2D eigenvalue weighted by Gasteiger charge is 2.35. The van der Waals surface area contributed by atoms with Gasteiger partial charge < -0.3 is 15.4 Å². The lowest BCUT2D eigenvalue weighted by Gasteiger charge is -2.35. The Morgan fingerprint density at radius 2 is 2.20 bits per heavy atom. The van der Waals surface area contributed by atoms with E-state index in [2.05, 4.69) is 4.98 Å². The van der Waals surface area contributed by atoms with Crippen molar-refractivity contribution < 1.29 is 22.7 Å². The van der Waals surface area contributed by atoms with E-state index in [4.69, 9.17) is 10.5 Å². The first kappa shape index (κ1) is 14.6. The number of alkyl halides is 3. The molecule has 1 aromatic rings. The Morgan fingerprint density at radius 1 is 1.50 bits per heavy atom. The van der Waals surface area contributed by atoms with Gasteiger partial charge in [0.1, 0.15) is 11.5 Å². The van der Waals surface area contributed by atoms with Crippen LogP contribution in [0.15, 0.2) is 12.1 Å². The number of hydrogen-bond acceptors (Lipinski definition) is 4. The summed E-state index contributed by atoms with van der Waals surface area (Å²) in [4.78, 5) is 16.6. The molecule has 1 amide bonds. The average Bonchev–Trinajstić information content (AvgIpc) is 2.37. The molecule has 110 valence electrons. The Hall–Kier alpha value is -1.83. The number of carbonyl (C=O) groups is 1. The molecule has 1 atom stereocenters. The number of halogens is 3. The third-order valence-corrected chi connectivity index (χ3v) is 3.07. The number of hydrogen-bond donors (Lipinski definition) is 1. The number of anilines is 1. The van der Waals surface area contributed by atoms with Gasteiger partial charge in [-0.2, -0.15) is 13.2 Å². The van der Waals surface area contributed by atoms with Gasteiger partial charge in [-0.1, -0.05) is 0 Å². The van der Waals surface area contributed by atoms with E-state index in [1.165, 1.54) is 0 Å². The van der Waals surface area contributed by atoms with Crippen LogP contribution in [0.5, 0.6) is 0 Å². The lowest BCUT2D eigenvalue weighted by Crippen LogP contribution is -2.45. The lowest BCUT2D eigenvalue weighted by atomic mass is 10.1. The molecule has 8 heteroatoms. The van der Waals surface area contributed by atoms with Gasteiger partial charge in [0.2, 0.25) is 0 Å². The molecule has 1 aliphatic rings. The number of nitrogens with zero attached hydrogens (tertiary/aromatic N) is 2. The number of carbonyl (C=O) groups excluding carboxylic acids is 1. The second kappa shape index (κ2) is 5.28. The van der Waals surface area contributed by atoms with Gasteiger partial charge in [0, 0.05) is 6.54 Å². The average molecular weight is 289 g/mol. The lowest BCUT2D eigenvalue weighted by molar-refractivity contribution is -0.141. The van der Waals surface area contributed by atoms with Gasteiger partial charge in [0.15, 0.2) is 0 Å². The van der Waals surface area contributed by atoms with Crippen molar-refractivity contribution in [2.24, 2.45) is 5.73 Å². The Labute approximate surface area is 113 Å². The third-order valence-electron chi connectivity index (χ3n) is 3.07. The molecule has 2 heterocycles. The van der Waals surface area contributed by atoms with Crippen molar-refractivity contribution in [1.82, 2.24) is 4.98 Å².